The summed E-state index contributed by atoms with van der Waals surface area (Å²) in [6.45, 7) is 0. The van der Waals surface area contributed by atoms with Gasteiger partial charge in [-0.15, -0.1) is 0 Å². The van der Waals surface area contributed by atoms with Gasteiger partial charge in [0.1, 0.15) is 11.5 Å². The minimum atomic E-state index is -0.351. The zero-order chi connectivity index (χ0) is 20.8. The topological polar surface area (TPSA) is 84.5 Å². The van der Waals surface area contributed by atoms with E-state index in [1.807, 2.05) is 42.5 Å². The maximum atomic E-state index is 12.3. The zero-order valence-electron chi connectivity index (χ0n) is 16.1. The molecule has 0 unspecified atom stereocenters. The fourth-order valence-corrected chi connectivity index (χ4v) is 3.01. The maximum Gasteiger partial charge on any atom is 0.291 e. The number of anilines is 2. The van der Waals surface area contributed by atoms with Crippen molar-refractivity contribution in [2.24, 2.45) is 0 Å². The monoisotopic (exact) mass is 400 g/mol. The van der Waals surface area contributed by atoms with Crippen LogP contribution in [0.3, 0.4) is 0 Å². The van der Waals surface area contributed by atoms with Crippen molar-refractivity contribution in [1.82, 2.24) is 0 Å². The van der Waals surface area contributed by atoms with Crippen molar-refractivity contribution in [3.05, 3.63) is 96.6 Å². The molecular formula is C24H20N2O4. The summed E-state index contributed by atoms with van der Waals surface area (Å²) < 4.78 is 10.9. The Morgan fingerprint density at radius 3 is 2.37 bits per heavy atom. The van der Waals surface area contributed by atoms with Crippen molar-refractivity contribution in [1.29, 1.82) is 0 Å². The van der Waals surface area contributed by atoms with Crippen LogP contribution in [0.5, 0.6) is 0 Å². The lowest BCUT2D eigenvalue weighted by molar-refractivity contribution is -0.116. The number of carbonyl (C=O) groups excluding carboxylic acids is 2. The van der Waals surface area contributed by atoms with Crippen molar-refractivity contribution in [2.75, 3.05) is 10.6 Å². The fourth-order valence-electron chi connectivity index (χ4n) is 3.01. The molecule has 2 heterocycles. The molecule has 0 atom stereocenters. The van der Waals surface area contributed by atoms with Crippen molar-refractivity contribution >= 4 is 23.2 Å². The summed E-state index contributed by atoms with van der Waals surface area (Å²) >= 11 is 0. The average Bonchev–Trinajstić information content (AvgIpc) is 3.46. The smallest absolute Gasteiger partial charge is 0.291 e. The highest BCUT2D eigenvalue weighted by Gasteiger charge is 2.10. The molecular weight excluding hydrogens is 380 g/mol. The zero-order valence-corrected chi connectivity index (χ0v) is 16.1. The Kier molecular flexibility index (Phi) is 5.75. The molecule has 0 saturated heterocycles. The molecule has 0 spiro atoms. The Labute approximate surface area is 173 Å². The Morgan fingerprint density at radius 2 is 1.60 bits per heavy atom. The van der Waals surface area contributed by atoms with Crippen LogP contribution < -0.4 is 10.6 Å². The summed E-state index contributed by atoms with van der Waals surface area (Å²) in [4.78, 5) is 24.4. The van der Waals surface area contributed by atoms with Crippen molar-refractivity contribution in [2.45, 2.75) is 12.8 Å². The molecule has 2 aromatic heterocycles. The van der Waals surface area contributed by atoms with E-state index in [1.165, 1.54) is 6.26 Å². The molecule has 4 rings (SSSR count). The highest BCUT2D eigenvalue weighted by atomic mass is 16.3. The summed E-state index contributed by atoms with van der Waals surface area (Å²) in [6, 6.07) is 23.8. The van der Waals surface area contributed by atoms with Gasteiger partial charge in [0.25, 0.3) is 5.91 Å². The van der Waals surface area contributed by atoms with E-state index in [1.54, 1.807) is 36.4 Å². The van der Waals surface area contributed by atoms with Gasteiger partial charge in [0.15, 0.2) is 5.76 Å². The molecule has 0 saturated carbocycles. The Bertz CT molecular complexity index is 1130. The van der Waals surface area contributed by atoms with Gasteiger partial charge in [0.2, 0.25) is 5.91 Å². The predicted molar refractivity (Wildman–Crippen MR) is 114 cm³/mol. The lowest BCUT2D eigenvalue weighted by atomic mass is 10.2. The van der Waals surface area contributed by atoms with E-state index in [4.69, 9.17) is 8.83 Å². The molecule has 4 aromatic rings. The minimum Gasteiger partial charge on any atom is -0.461 e. The summed E-state index contributed by atoms with van der Waals surface area (Å²) in [5.41, 5.74) is 2.16. The highest BCUT2D eigenvalue weighted by molar-refractivity contribution is 6.02. The summed E-state index contributed by atoms with van der Waals surface area (Å²) in [6.07, 6.45) is 2.21. The second-order valence-electron chi connectivity index (χ2n) is 6.69. The van der Waals surface area contributed by atoms with Gasteiger partial charge < -0.3 is 19.5 Å². The third-order valence-corrected chi connectivity index (χ3v) is 4.47. The molecule has 0 aliphatic rings. The number of furan rings is 2. The number of nitrogens with one attached hydrogen (secondary N) is 2. The van der Waals surface area contributed by atoms with Crippen LogP contribution in [0.15, 0.2) is 94.0 Å². The molecule has 6 heteroatoms. The number of hydrogen-bond acceptors (Lipinski definition) is 4. The van der Waals surface area contributed by atoms with E-state index < -0.39 is 0 Å². The van der Waals surface area contributed by atoms with E-state index in [-0.39, 0.29) is 24.0 Å². The molecule has 2 N–H and O–H groups in total. The Hall–Kier alpha value is -4.06. The lowest BCUT2D eigenvalue weighted by Gasteiger charge is -2.08. The molecule has 2 aromatic carbocycles. The molecule has 0 radical (unpaired) electrons. The normalized spacial score (nSPS) is 10.5. The fraction of sp³-hybridized carbons (Fsp3) is 0.0833. The van der Waals surface area contributed by atoms with Crippen LogP contribution in [0.4, 0.5) is 11.4 Å². The van der Waals surface area contributed by atoms with Crippen LogP contribution in [-0.2, 0) is 11.2 Å². The molecule has 0 fully saturated rings. The number of rotatable bonds is 7. The van der Waals surface area contributed by atoms with E-state index >= 15 is 0 Å². The van der Waals surface area contributed by atoms with Gasteiger partial charge in [-0.05, 0) is 42.5 Å². The summed E-state index contributed by atoms with van der Waals surface area (Å²) in [7, 11) is 0. The van der Waals surface area contributed by atoms with Crippen molar-refractivity contribution in [3.63, 3.8) is 0 Å². The number of aryl methyl sites for hydroxylation is 1. The first-order chi connectivity index (χ1) is 14.7. The first-order valence-corrected chi connectivity index (χ1v) is 9.56. The summed E-state index contributed by atoms with van der Waals surface area (Å²) in [5.74, 6) is 1.27. The maximum absolute atomic E-state index is 12.3. The molecule has 150 valence electrons. The molecule has 6 nitrogen and oxygen atoms in total. The average molecular weight is 400 g/mol. The molecule has 0 aliphatic carbocycles. The van der Waals surface area contributed by atoms with Crippen LogP contribution in [0.2, 0.25) is 0 Å². The van der Waals surface area contributed by atoms with Crippen LogP contribution in [0.1, 0.15) is 22.7 Å². The van der Waals surface area contributed by atoms with E-state index in [0.717, 1.165) is 17.1 Å². The van der Waals surface area contributed by atoms with Gasteiger partial charge in [0, 0.05) is 29.8 Å². The van der Waals surface area contributed by atoms with Crippen LogP contribution in [0, 0.1) is 0 Å². The van der Waals surface area contributed by atoms with Gasteiger partial charge in [-0.2, -0.15) is 0 Å². The van der Waals surface area contributed by atoms with Gasteiger partial charge in [-0.25, -0.2) is 0 Å². The van der Waals surface area contributed by atoms with Gasteiger partial charge in [0.05, 0.1) is 6.26 Å². The second kappa shape index (κ2) is 8.96. The van der Waals surface area contributed by atoms with E-state index in [2.05, 4.69) is 10.6 Å². The van der Waals surface area contributed by atoms with Gasteiger partial charge in [-0.1, -0.05) is 36.4 Å². The Morgan fingerprint density at radius 1 is 0.800 bits per heavy atom. The van der Waals surface area contributed by atoms with E-state index in [9.17, 15) is 9.59 Å². The Balaban J connectivity index is 1.31. The SMILES string of the molecule is O=C(CCc1ccc(-c2ccccc2)o1)Nc1cccc(NC(=O)c2ccco2)c1. The van der Waals surface area contributed by atoms with Crippen LogP contribution >= 0.6 is 0 Å². The standard InChI is InChI=1S/C24H20N2O4/c27-23(14-12-20-11-13-21(30-20)17-6-2-1-3-7-17)25-18-8-4-9-19(16-18)26-24(28)22-10-5-15-29-22/h1-11,13,15-16H,12,14H2,(H,25,27)(H,26,28). The molecule has 2 amide bonds. The minimum absolute atomic E-state index is 0.137. The number of carbonyl (C=O) groups is 2. The lowest BCUT2D eigenvalue weighted by Crippen LogP contribution is -2.13. The van der Waals surface area contributed by atoms with Crippen molar-refractivity contribution < 1.29 is 18.4 Å². The van der Waals surface area contributed by atoms with Crippen LogP contribution in [-0.4, -0.2) is 11.8 Å². The van der Waals surface area contributed by atoms with Crippen molar-refractivity contribution in [3.8, 4) is 11.3 Å². The van der Waals surface area contributed by atoms with Crippen LogP contribution in [0.25, 0.3) is 11.3 Å². The first-order valence-electron chi connectivity index (χ1n) is 9.56. The molecule has 0 bridgehead atoms. The molecule has 0 aliphatic heterocycles. The molecule has 30 heavy (non-hydrogen) atoms. The second-order valence-corrected chi connectivity index (χ2v) is 6.69. The van der Waals surface area contributed by atoms with E-state index in [0.29, 0.717) is 17.8 Å². The number of amides is 2. The summed E-state index contributed by atoms with van der Waals surface area (Å²) in [5, 5.41) is 5.58. The predicted octanol–water partition coefficient (Wildman–Crippen LogP) is 5.36. The number of benzene rings is 2. The number of hydrogen-bond donors (Lipinski definition) is 2. The quantitative estimate of drug-likeness (QED) is 0.437. The third-order valence-electron chi connectivity index (χ3n) is 4.47. The largest absolute Gasteiger partial charge is 0.461 e. The highest BCUT2D eigenvalue weighted by Crippen LogP contribution is 2.22. The third kappa shape index (κ3) is 4.86. The first kappa shape index (κ1) is 19.3. The van der Waals surface area contributed by atoms with Gasteiger partial charge >= 0.3 is 0 Å². The van der Waals surface area contributed by atoms with Gasteiger partial charge in [-0.3, -0.25) is 9.59 Å².